The van der Waals surface area contributed by atoms with Crippen LogP contribution in [0.3, 0.4) is 0 Å². The number of aromatic nitrogens is 4. The Kier molecular flexibility index (Phi) is 3.61. The predicted molar refractivity (Wildman–Crippen MR) is 83.8 cm³/mol. The quantitative estimate of drug-likeness (QED) is 0.832. The highest BCUT2D eigenvalue weighted by Crippen LogP contribution is 2.24. The molecule has 0 saturated heterocycles. The zero-order valence-electron chi connectivity index (χ0n) is 12.6. The van der Waals surface area contributed by atoms with Crippen LogP contribution < -0.4 is 5.32 Å². The number of H-pyrrole nitrogens is 1. The van der Waals surface area contributed by atoms with Crippen molar-refractivity contribution in [3.8, 4) is 0 Å². The highest BCUT2D eigenvalue weighted by Gasteiger charge is 2.28. The van der Waals surface area contributed by atoms with Gasteiger partial charge in [-0.05, 0) is 38.4 Å². The smallest absolute Gasteiger partial charge is 0.243 e. The Labute approximate surface area is 128 Å². The molecule has 2 N–H and O–H groups in total. The first-order chi connectivity index (χ1) is 10.0. The van der Waals surface area contributed by atoms with Crippen molar-refractivity contribution in [3.05, 3.63) is 10.5 Å². The van der Waals surface area contributed by atoms with Gasteiger partial charge in [-0.15, -0.1) is 0 Å². The number of hydrogen-bond donors (Lipinski definition) is 2. The molecule has 0 bridgehead atoms. The van der Waals surface area contributed by atoms with E-state index in [0.717, 1.165) is 42.5 Å². The standard InChI is InChI=1S/C14H21N5OS/c1-4-5-10-11-13(18(3)17-10)19(14(21)16-11)8(2)12(20)15-9-6-7-9/h8-9H,4-7H2,1-3H3,(H,15,20)(H,16,21). The molecule has 3 rings (SSSR count). The summed E-state index contributed by atoms with van der Waals surface area (Å²) in [7, 11) is 1.89. The van der Waals surface area contributed by atoms with Crippen LogP contribution in [0.2, 0.25) is 0 Å². The van der Waals surface area contributed by atoms with Crippen molar-refractivity contribution in [1.29, 1.82) is 0 Å². The van der Waals surface area contributed by atoms with Gasteiger partial charge < -0.3 is 10.3 Å². The van der Waals surface area contributed by atoms with Gasteiger partial charge in [0.2, 0.25) is 5.91 Å². The van der Waals surface area contributed by atoms with E-state index in [9.17, 15) is 4.79 Å². The molecule has 1 aliphatic carbocycles. The van der Waals surface area contributed by atoms with E-state index >= 15 is 0 Å². The molecule has 1 atom stereocenters. The molecule has 0 radical (unpaired) electrons. The molecular weight excluding hydrogens is 286 g/mol. The van der Waals surface area contributed by atoms with E-state index in [0.29, 0.717) is 10.8 Å². The largest absolute Gasteiger partial charge is 0.352 e. The van der Waals surface area contributed by atoms with E-state index in [1.54, 1.807) is 0 Å². The predicted octanol–water partition coefficient (Wildman–Crippen LogP) is 2.22. The van der Waals surface area contributed by atoms with Gasteiger partial charge in [-0.25, -0.2) is 0 Å². The zero-order chi connectivity index (χ0) is 15.1. The van der Waals surface area contributed by atoms with Crippen molar-refractivity contribution in [1.82, 2.24) is 24.6 Å². The fourth-order valence-corrected chi connectivity index (χ4v) is 3.02. The number of carbonyl (C=O) groups excluding carboxylic acids is 1. The second-order valence-electron chi connectivity index (χ2n) is 5.78. The minimum Gasteiger partial charge on any atom is -0.352 e. The van der Waals surface area contributed by atoms with Crippen LogP contribution in [0.1, 0.15) is 44.8 Å². The highest BCUT2D eigenvalue weighted by molar-refractivity contribution is 7.71. The van der Waals surface area contributed by atoms with Crippen LogP contribution in [0, 0.1) is 4.77 Å². The van der Waals surface area contributed by atoms with Gasteiger partial charge in [-0.3, -0.25) is 14.0 Å². The second-order valence-corrected chi connectivity index (χ2v) is 6.16. The Balaban J connectivity index is 2.02. The monoisotopic (exact) mass is 307 g/mol. The average Bonchev–Trinajstić information content (AvgIpc) is 3.11. The fourth-order valence-electron chi connectivity index (χ4n) is 2.67. The van der Waals surface area contributed by atoms with Crippen LogP contribution in [0.5, 0.6) is 0 Å². The SMILES string of the molecule is CCCc1nn(C)c2c1[nH]c(=S)n2C(C)C(=O)NC1CC1. The second kappa shape index (κ2) is 5.29. The van der Waals surface area contributed by atoms with E-state index in [2.05, 4.69) is 22.3 Å². The lowest BCUT2D eigenvalue weighted by atomic mass is 10.2. The minimum absolute atomic E-state index is 0.0211. The van der Waals surface area contributed by atoms with Crippen LogP contribution in [0.25, 0.3) is 11.2 Å². The summed E-state index contributed by atoms with van der Waals surface area (Å²) in [6.45, 7) is 4.01. The Hall–Kier alpha value is -1.63. The number of amides is 1. The molecule has 1 fully saturated rings. The first-order valence-corrected chi connectivity index (χ1v) is 7.90. The van der Waals surface area contributed by atoms with Gasteiger partial charge in [0.1, 0.15) is 11.6 Å². The van der Waals surface area contributed by atoms with Crippen LogP contribution in [-0.2, 0) is 18.3 Å². The molecule has 6 nitrogen and oxygen atoms in total. The summed E-state index contributed by atoms with van der Waals surface area (Å²) in [4.78, 5) is 15.5. The Morgan fingerprint density at radius 1 is 1.57 bits per heavy atom. The number of hydrogen-bond acceptors (Lipinski definition) is 3. The number of fused-ring (bicyclic) bond motifs is 1. The van der Waals surface area contributed by atoms with E-state index in [-0.39, 0.29) is 11.9 Å². The van der Waals surface area contributed by atoms with Crippen LogP contribution in [0.4, 0.5) is 0 Å². The Morgan fingerprint density at radius 3 is 2.90 bits per heavy atom. The number of rotatable bonds is 5. The molecule has 1 unspecified atom stereocenters. The molecule has 114 valence electrons. The maximum absolute atomic E-state index is 12.3. The summed E-state index contributed by atoms with van der Waals surface area (Å²) in [5.41, 5.74) is 2.85. The molecule has 1 saturated carbocycles. The summed E-state index contributed by atoms with van der Waals surface area (Å²) < 4.78 is 4.26. The Morgan fingerprint density at radius 2 is 2.29 bits per heavy atom. The summed E-state index contributed by atoms with van der Waals surface area (Å²) >= 11 is 5.42. The number of aromatic amines is 1. The number of nitrogens with zero attached hydrogens (tertiary/aromatic N) is 3. The summed E-state index contributed by atoms with van der Waals surface area (Å²) in [6.07, 6.45) is 4.09. The molecule has 0 aliphatic heterocycles. The van der Waals surface area contributed by atoms with Gasteiger partial charge in [0.15, 0.2) is 10.4 Å². The average molecular weight is 307 g/mol. The van der Waals surface area contributed by atoms with Gasteiger partial charge in [-0.2, -0.15) is 5.10 Å². The van der Waals surface area contributed by atoms with Crippen molar-refractivity contribution < 1.29 is 4.79 Å². The maximum atomic E-state index is 12.3. The summed E-state index contributed by atoms with van der Waals surface area (Å²) in [6, 6.07) is 0.0162. The number of carbonyl (C=O) groups is 1. The number of nitrogens with one attached hydrogen (secondary N) is 2. The lowest BCUT2D eigenvalue weighted by Crippen LogP contribution is -2.32. The van der Waals surface area contributed by atoms with E-state index in [4.69, 9.17) is 12.2 Å². The topological polar surface area (TPSA) is 67.6 Å². The third-order valence-electron chi connectivity index (χ3n) is 3.95. The van der Waals surface area contributed by atoms with Crippen molar-refractivity contribution in [2.45, 2.75) is 51.6 Å². The van der Waals surface area contributed by atoms with Gasteiger partial charge in [0.25, 0.3) is 0 Å². The minimum atomic E-state index is -0.336. The molecule has 1 aliphatic rings. The van der Waals surface area contributed by atoms with Gasteiger partial charge in [0, 0.05) is 13.1 Å². The van der Waals surface area contributed by atoms with E-state index in [1.807, 2.05) is 23.2 Å². The third kappa shape index (κ3) is 2.50. The van der Waals surface area contributed by atoms with Crippen LogP contribution >= 0.6 is 12.2 Å². The zero-order valence-corrected chi connectivity index (χ0v) is 13.5. The first-order valence-electron chi connectivity index (χ1n) is 7.49. The maximum Gasteiger partial charge on any atom is 0.243 e. The lowest BCUT2D eigenvalue weighted by molar-refractivity contribution is -0.123. The van der Waals surface area contributed by atoms with Crippen molar-refractivity contribution in [2.24, 2.45) is 7.05 Å². The number of imidazole rings is 1. The third-order valence-corrected chi connectivity index (χ3v) is 4.24. The first kappa shape index (κ1) is 14.3. The van der Waals surface area contributed by atoms with Crippen molar-refractivity contribution in [2.75, 3.05) is 0 Å². The fraction of sp³-hybridized carbons (Fsp3) is 0.643. The van der Waals surface area contributed by atoms with Crippen LogP contribution in [0.15, 0.2) is 0 Å². The molecular formula is C14H21N5OS. The lowest BCUT2D eigenvalue weighted by Gasteiger charge is -2.14. The Bertz CT molecular complexity index is 736. The van der Waals surface area contributed by atoms with Gasteiger partial charge >= 0.3 is 0 Å². The van der Waals surface area contributed by atoms with E-state index < -0.39 is 0 Å². The molecule has 0 aromatic carbocycles. The molecule has 2 heterocycles. The van der Waals surface area contributed by atoms with E-state index in [1.165, 1.54) is 0 Å². The van der Waals surface area contributed by atoms with Gasteiger partial charge in [-0.1, -0.05) is 13.3 Å². The molecule has 2 aromatic heterocycles. The molecule has 1 amide bonds. The molecule has 2 aromatic rings. The summed E-state index contributed by atoms with van der Waals surface area (Å²) in [5.74, 6) is 0.0211. The summed E-state index contributed by atoms with van der Waals surface area (Å²) in [5, 5.41) is 7.58. The normalized spacial score (nSPS) is 16.3. The van der Waals surface area contributed by atoms with Gasteiger partial charge in [0.05, 0.1) is 5.69 Å². The van der Waals surface area contributed by atoms with Crippen LogP contribution in [-0.4, -0.2) is 31.3 Å². The van der Waals surface area contributed by atoms with Crippen molar-refractivity contribution >= 4 is 29.3 Å². The molecule has 21 heavy (non-hydrogen) atoms. The molecule has 7 heteroatoms. The number of aryl methyl sites for hydroxylation is 2. The molecule has 0 spiro atoms. The highest BCUT2D eigenvalue weighted by atomic mass is 32.1. The van der Waals surface area contributed by atoms with Crippen molar-refractivity contribution in [3.63, 3.8) is 0 Å².